The molecule has 0 aromatic heterocycles. The quantitative estimate of drug-likeness (QED) is 0.895. The first-order chi connectivity index (χ1) is 11.8. The zero-order chi connectivity index (χ0) is 18.1. The maximum atomic E-state index is 12.7. The lowest BCUT2D eigenvalue weighted by molar-refractivity contribution is -0.137. The Bertz CT molecular complexity index is 868. The molecule has 0 radical (unpaired) electrons. The zero-order valence-corrected chi connectivity index (χ0v) is 13.6. The lowest BCUT2D eigenvalue weighted by Crippen LogP contribution is -2.40. The fourth-order valence-electron chi connectivity index (χ4n) is 2.29. The monoisotopic (exact) mass is 373 g/mol. The van der Waals surface area contributed by atoms with Crippen molar-refractivity contribution in [2.45, 2.75) is 17.2 Å². The molecule has 0 amide bonds. The summed E-state index contributed by atoms with van der Waals surface area (Å²) in [6.07, 6.45) is -5.20. The molecule has 1 heterocycles. The highest BCUT2D eigenvalue weighted by molar-refractivity contribution is 7.89. The number of rotatable bonds is 4. The Morgan fingerprint density at radius 1 is 1.08 bits per heavy atom. The van der Waals surface area contributed by atoms with Crippen LogP contribution < -0.4 is 14.2 Å². The van der Waals surface area contributed by atoms with Crippen LogP contribution in [0.3, 0.4) is 0 Å². The minimum Gasteiger partial charge on any atom is -0.486 e. The van der Waals surface area contributed by atoms with Crippen LogP contribution in [0.4, 0.5) is 13.2 Å². The molecule has 1 N–H and O–H groups in total. The van der Waals surface area contributed by atoms with E-state index < -0.39 is 32.8 Å². The van der Waals surface area contributed by atoms with Crippen molar-refractivity contribution in [3.8, 4) is 11.5 Å². The number of hydrogen-bond acceptors (Lipinski definition) is 4. The topological polar surface area (TPSA) is 64.6 Å². The second-order valence-corrected chi connectivity index (χ2v) is 7.14. The predicted octanol–water partition coefficient (Wildman–Crippen LogP) is 2.82. The molecule has 0 saturated carbocycles. The van der Waals surface area contributed by atoms with E-state index in [1.54, 1.807) is 24.3 Å². The summed E-state index contributed by atoms with van der Waals surface area (Å²) in [4.78, 5) is -0.459. The predicted molar refractivity (Wildman–Crippen MR) is 83.0 cm³/mol. The Labute approximate surface area is 142 Å². The number of alkyl halides is 3. The average Bonchev–Trinajstić information content (AvgIpc) is 2.59. The lowest BCUT2D eigenvalue weighted by atomic mass is 10.2. The van der Waals surface area contributed by atoms with Gasteiger partial charge in [0.15, 0.2) is 11.5 Å². The van der Waals surface area contributed by atoms with E-state index >= 15 is 0 Å². The van der Waals surface area contributed by atoms with E-state index in [1.807, 2.05) is 0 Å². The van der Waals surface area contributed by atoms with Gasteiger partial charge in [0, 0.05) is 0 Å². The van der Waals surface area contributed by atoms with Gasteiger partial charge in [0.25, 0.3) is 0 Å². The van der Waals surface area contributed by atoms with Crippen molar-refractivity contribution in [2.24, 2.45) is 0 Å². The second kappa shape index (κ2) is 6.57. The molecule has 5 nitrogen and oxygen atoms in total. The van der Waals surface area contributed by atoms with E-state index in [0.717, 1.165) is 18.2 Å². The molecule has 25 heavy (non-hydrogen) atoms. The molecule has 0 fully saturated rings. The third-order valence-electron chi connectivity index (χ3n) is 3.54. The van der Waals surface area contributed by atoms with Crippen molar-refractivity contribution in [1.82, 2.24) is 4.72 Å². The number of sulfonamides is 1. The van der Waals surface area contributed by atoms with Gasteiger partial charge in [0.05, 0.1) is 17.0 Å². The Kier molecular flexibility index (Phi) is 4.61. The molecule has 3 rings (SSSR count). The van der Waals surface area contributed by atoms with Gasteiger partial charge in [-0.25, -0.2) is 13.1 Å². The summed E-state index contributed by atoms with van der Waals surface area (Å²) in [5.74, 6) is 1.04. The van der Waals surface area contributed by atoms with E-state index in [-0.39, 0.29) is 13.2 Å². The molecule has 2 aromatic rings. The first-order valence-corrected chi connectivity index (χ1v) is 8.79. The fourth-order valence-corrected chi connectivity index (χ4v) is 3.40. The number of halogens is 3. The minimum atomic E-state index is -4.62. The molecule has 9 heteroatoms. The molecule has 134 valence electrons. The van der Waals surface area contributed by atoms with Crippen molar-refractivity contribution >= 4 is 10.0 Å². The highest BCUT2D eigenvalue weighted by atomic mass is 32.2. The summed E-state index contributed by atoms with van der Waals surface area (Å²) in [6, 6.07) is 10.5. The zero-order valence-electron chi connectivity index (χ0n) is 12.8. The summed E-state index contributed by atoms with van der Waals surface area (Å²) >= 11 is 0. The maximum absolute atomic E-state index is 12.7. The van der Waals surface area contributed by atoms with Crippen LogP contribution in [0.25, 0.3) is 0 Å². The smallest absolute Gasteiger partial charge is 0.416 e. The van der Waals surface area contributed by atoms with E-state index in [1.165, 1.54) is 0 Å². The van der Waals surface area contributed by atoms with Gasteiger partial charge in [0.1, 0.15) is 12.7 Å². The highest BCUT2D eigenvalue weighted by Crippen LogP contribution is 2.31. The van der Waals surface area contributed by atoms with Gasteiger partial charge in [0.2, 0.25) is 10.0 Å². The second-order valence-electron chi connectivity index (χ2n) is 5.38. The summed E-state index contributed by atoms with van der Waals surface area (Å²) < 4.78 is 75.9. The number of benzene rings is 2. The van der Waals surface area contributed by atoms with Crippen LogP contribution in [0.15, 0.2) is 53.4 Å². The normalized spacial score (nSPS) is 17.3. The molecule has 2 aromatic carbocycles. The van der Waals surface area contributed by atoms with Crippen LogP contribution in [-0.2, 0) is 16.2 Å². The standard InChI is InChI=1S/C16H14F3NO4S/c17-16(18,19)11-4-3-5-13(8-11)25(21,22)20-9-12-10-23-14-6-1-2-7-15(14)24-12/h1-8,12,20H,9-10H2/t12-/m1/s1. The molecule has 1 aliphatic rings. The summed E-state index contributed by atoms with van der Waals surface area (Å²) in [5.41, 5.74) is -1.03. The van der Waals surface area contributed by atoms with Gasteiger partial charge in [-0.3, -0.25) is 0 Å². The molecule has 0 spiro atoms. The fraction of sp³-hybridized carbons (Fsp3) is 0.250. The van der Waals surface area contributed by atoms with Gasteiger partial charge in [-0.05, 0) is 30.3 Å². The maximum Gasteiger partial charge on any atom is 0.416 e. The van der Waals surface area contributed by atoms with Crippen LogP contribution in [0.2, 0.25) is 0 Å². The molecular formula is C16H14F3NO4S. The Balaban J connectivity index is 1.69. The SMILES string of the molecule is O=S(=O)(NC[C@@H]1COc2ccccc2O1)c1cccc(C(F)(F)F)c1. The van der Waals surface area contributed by atoms with E-state index in [9.17, 15) is 21.6 Å². The lowest BCUT2D eigenvalue weighted by Gasteiger charge is -2.26. The number of ether oxygens (including phenoxy) is 2. The average molecular weight is 373 g/mol. The molecule has 1 aliphatic heterocycles. The van der Waals surface area contributed by atoms with Gasteiger partial charge < -0.3 is 9.47 Å². The van der Waals surface area contributed by atoms with Crippen LogP contribution in [-0.4, -0.2) is 27.7 Å². The van der Waals surface area contributed by atoms with Crippen molar-refractivity contribution in [2.75, 3.05) is 13.2 Å². The largest absolute Gasteiger partial charge is 0.486 e. The molecular weight excluding hydrogens is 359 g/mol. The van der Waals surface area contributed by atoms with Gasteiger partial charge >= 0.3 is 6.18 Å². The van der Waals surface area contributed by atoms with Crippen molar-refractivity contribution in [3.05, 3.63) is 54.1 Å². The number of hydrogen-bond donors (Lipinski definition) is 1. The van der Waals surface area contributed by atoms with Crippen molar-refractivity contribution < 1.29 is 31.1 Å². The Morgan fingerprint density at radius 3 is 2.52 bits per heavy atom. The van der Waals surface area contributed by atoms with Crippen LogP contribution >= 0.6 is 0 Å². The summed E-state index contributed by atoms with van der Waals surface area (Å²) in [5, 5.41) is 0. The number of para-hydroxylation sites is 2. The van der Waals surface area contributed by atoms with Crippen LogP contribution in [0, 0.1) is 0 Å². The van der Waals surface area contributed by atoms with Crippen LogP contribution in [0.1, 0.15) is 5.56 Å². The molecule has 0 unspecified atom stereocenters. The summed E-state index contributed by atoms with van der Waals surface area (Å²) in [7, 11) is -4.11. The Hall–Kier alpha value is -2.26. The van der Waals surface area contributed by atoms with E-state index in [0.29, 0.717) is 17.6 Å². The molecule has 0 bridgehead atoms. The van der Waals surface area contributed by atoms with Crippen molar-refractivity contribution in [1.29, 1.82) is 0 Å². The summed E-state index contributed by atoms with van der Waals surface area (Å²) in [6.45, 7) is -0.00492. The van der Waals surface area contributed by atoms with Crippen molar-refractivity contribution in [3.63, 3.8) is 0 Å². The third-order valence-corrected chi connectivity index (χ3v) is 4.96. The molecule has 0 saturated heterocycles. The molecule has 0 aliphatic carbocycles. The van der Waals surface area contributed by atoms with Crippen LogP contribution in [0.5, 0.6) is 11.5 Å². The highest BCUT2D eigenvalue weighted by Gasteiger charge is 2.32. The first kappa shape index (κ1) is 17.6. The third kappa shape index (κ3) is 4.05. The Morgan fingerprint density at radius 2 is 1.80 bits per heavy atom. The molecule has 1 atom stereocenters. The number of fused-ring (bicyclic) bond motifs is 1. The van der Waals surface area contributed by atoms with Gasteiger partial charge in [-0.1, -0.05) is 18.2 Å². The minimum absolute atomic E-state index is 0.127. The number of nitrogens with one attached hydrogen (secondary N) is 1. The first-order valence-electron chi connectivity index (χ1n) is 7.31. The van der Waals surface area contributed by atoms with E-state index in [4.69, 9.17) is 9.47 Å². The van der Waals surface area contributed by atoms with Gasteiger partial charge in [-0.2, -0.15) is 13.2 Å². The van der Waals surface area contributed by atoms with E-state index in [2.05, 4.69) is 4.72 Å². The van der Waals surface area contributed by atoms with Gasteiger partial charge in [-0.15, -0.1) is 0 Å².